The fraction of sp³-hybridized carbons (Fsp3) is 0.429. The summed E-state index contributed by atoms with van der Waals surface area (Å²) in [5.74, 6) is -0.165. The van der Waals surface area contributed by atoms with Crippen molar-refractivity contribution >= 4 is 11.2 Å². The number of aromatic nitrogens is 5. The first kappa shape index (κ1) is 26.7. The third-order valence-electron chi connectivity index (χ3n) is 6.88. The molecule has 4 aromatic rings. The molecular formula is C28H31F2N5O4. The number of aryl methyl sites for hydroxylation is 1. The molecule has 0 radical (unpaired) electrons. The van der Waals surface area contributed by atoms with E-state index in [9.17, 15) is 23.5 Å². The maximum atomic E-state index is 14.9. The lowest BCUT2D eigenvalue weighted by Crippen LogP contribution is -2.41. The molecule has 0 unspecified atom stereocenters. The van der Waals surface area contributed by atoms with E-state index in [1.165, 1.54) is 22.8 Å². The number of aliphatic hydroxyl groups is 1. The zero-order valence-electron chi connectivity index (χ0n) is 22.2. The van der Waals surface area contributed by atoms with Crippen LogP contribution in [0, 0.1) is 24.5 Å². The first-order chi connectivity index (χ1) is 18.7. The lowest BCUT2D eigenvalue weighted by molar-refractivity contribution is 0.277. The molecule has 0 bridgehead atoms. The molecule has 9 nitrogen and oxygen atoms in total. The number of ether oxygens (including phenoxy) is 1. The smallest absolute Gasteiger partial charge is 0.332 e. The average molecular weight is 540 g/mol. The highest BCUT2D eigenvalue weighted by Gasteiger charge is 2.28. The van der Waals surface area contributed by atoms with E-state index in [-0.39, 0.29) is 66.3 Å². The summed E-state index contributed by atoms with van der Waals surface area (Å²) < 4.78 is 38.7. The van der Waals surface area contributed by atoms with Crippen molar-refractivity contribution in [1.82, 2.24) is 23.7 Å². The predicted molar refractivity (Wildman–Crippen MR) is 142 cm³/mol. The Balaban J connectivity index is 1.82. The van der Waals surface area contributed by atoms with Crippen LogP contribution in [0.2, 0.25) is 0 Å². The Morgan fingerprint density at radius 1 is 1.10 bits per heavy atom. The van der Waals surface area contributed by atoms with E-state index in [1.54, 1.807) is 37.5 Å². The minimum absolute atomic E-state index is 0.0182. The Morgan fingerprint density at radius 2 is 1.82 bits per heavy atom. The largest absolute Gasteiger partial charge is 0.477 e. The maximum Gasteiger partial charge on any atom is 0.332 e. The molecule has 0 saturated heterocycles. The minimum atomic E-state index is -0.581. The van der Waals surface area contributed by atoms with Crippen LogP contribution in [0.3, 0.4) is 0 Å². The molecule has 1 saturated carbocycles. The number of imidazole rings is 1. The summed E-state index contributed by atoms with van der Waals surface area (Å²) in [6.45, 7) is 5.49. The number of halogens is 2. The second kappa shape index (κ2) is 10.7. The van der Waals surface area contributed by atoms with Crippen molar-refractivity contribution in [2.45, 2.75) is 59.2 Å². The van der Waals surface area contributed by atoms with Crippen LogP contribution in [0.4, 0.5) is 8.78 Å². The van der Waals surface area contributed by atoms with Crippen LogP contribution in [-0.2, 0) is 13.1 Å². The Morgan fingerprint density at radius 3 is 2.46 bits per heavy atom. The summed E-state index contributed by atoms with van der Waals surface area (Å²) in [6.07, 6.45) is 2.31. The number of aliphatic hydroxyl groups excluding tert-OH is 1. The number of benzene rings is 1. The molecule has 0 atom stereocenters. The molecule has 3 aromatic heterocycles. The van der Waals surface area contributed by atoms with Crippen LogP contribution in [0.5, 0.6) is 5.88 Å². The van der Waals surface area contributed by atoms with Crippen molar-refractivity contribution in [3.05, 3.63) is 74.1 Å². The molecule has 1 aliphatic rings. The van der Waals surface area contributed by atoms with Crippen LogP contribution in [-0.4, -0.2) is 42.0 Å². The maximum absolute atomic E-state index is 14.9. The molecular weight excluding hydrogens is 508 g/mol. The molecule has 0 spiro atoms. The number of pyridine rings is 1. The second-order valence-corrected chi connectivity index (χ2v) is 10.3. The molecule has 39 heavy (non-hydrogen) atoms. The van der Waals surface area contributed by atoms with Gasteiger partial charge in [-0.1, -0.05) is 12.1 Å². The molecule has 3 heterocycles. The van der Waals surface area contributed by atoms with E-state index < -0.39 is 22.9 Å². The van der Waals surface area contributed by atoms with Crippen molar-refractivity contribution in [3.63, 3.8) is 0 Å². The van der Waals surface area contributed by atoms with Gasteiger partial charge in [-0.15, -0.1) is 0 Å². The van der Waals surface area contributed by atoms with Gasteiger partial charge in [-0.05, 0) is 69.7 Å². The summed E-state index contributed by atoms with van der Waals surface area (Å²) >= 11 is 0. The lowest BCUT2D eigenvalue weighted by Gasteiger charge is -2.15. The Bertz CT molecular complexity index is 1640. The van der Waals surface area contributed by atoms with Crippen LogP contribution in [0.1, 0.15) is 50.4 Å². The van der Waals surface area contributed by atoms with Crippen LogP contribution < -0.4 is 16.0 Å². The van der Waals surface area contributed by atoms with Crippen molar-refractivity contribution in [2.24, 2.45) is 5.92 Å². The van der Waals surface area contributed by atoms with Crippen molar-refractivity contribution in [1.29, 1.82) is 0 Å². The van der Waals surface area contributed by atoms with Crippen LogP contribution in [0.15, 0.2) is 39.9 Å². The van der Waals surface area contributed by atoms with E-state index >= 15 is 0 Å². The molecule has 1 aromatic carbocycles. The normalized spacial score (nSPS) is 13.5. The molecule has 206 valence electrons. The van der Waals surface area contributed by atoms with E-state index in [1.807, 2.05) is 0 Å². The predicted octanol–water partition coefficient (Wildman–Crippen LogP) is 3.81. The molecule has 0 amide bonds. The number of rotatable bonds is 10. The fourth-order valence-electron chi connectivity index (χ4n) is 4.59. The molecule has 1 fully saturated rings. The summed E-state index contributed by atoms with van der Waals surface area (Å²) in [4.78, 5) is 36.3. The van der Waals surface area contributed by atoms with E-state index in [4.69, 9.17) is 9.72 Å². The fourth-order valence-corrected chi connectivity index (χ4v) is 4.59. The van der Waals surface area contributed by atoms with Crippen molar-refractivity contribution in [3.8, 4) is 17.3 Å². The Kier molecular flexibility index (Phi) is 7.35. The van der Waals surface area contributed by atoms with Gasteiger partial charge in [-0.25, -0.2) is 23.5 Å². The zero-order valence-corrected chi connectivity index (χ0v) is 22.2. The van der Waals surface area contributed by atoms with Gasteiger partial charge < -0.3 is 14.4 Å². The highest BCUT2D eigenvalue weighted by Crippen LogP contribution is 2.35. The summed E-state index contributed by atoms with van der Waals surface area (Å²) in [6, 6.07) is 6.73. The number of nitrogens with zero attached hydrogens (tertiary/aromatic N) is 5. The van der Waals surface area contributed by atoms with Gasteiger partial charge in [0.1, 0.15) is 17.5 Å². The van der Waals surface area contributed by atoms with Crippen LogP contribution in [0.25, 0.3) is 22.6 Å². The highest BCUT2D eigenvalue weighted by molar-refractivity contribution is 5.79. The van der Waals surface area contributed by atoms with Gasteiger partial charge in [-0.2, -0.15) is 0 Å². The molecule has 11 heteroatoms. The Hall–Kier alpha value is -3.86. The highest BCUT2D eigenvalue weighted by atomic mass is 19.1. The average Bonchev–Trinajstić information content (AvgIpc) is 3.66. The van der Waals surface area contributed by atoms with Gasteiger partial charge >= 0.3 is 5.69 Å². The number of hydrogen-bond donors (Lipinski definition) is 1. The van der Waals surface area contributed by atoms with Crippen LogP contribution >= 0.6 is 0 Å². The first-order valence-corrected chi connectivity index (χ1v) is 13.1. The van der Waals surface area contributed by atoms with Crippen molar-refractivity contribution < 1.29 is 18.6 Å². The lowest BCUT2D eigenvalue weighted by atomic mass is 10.2. The topological polar surface area (TPSA) is 104 Å². The third-order valence-corrected chi connectivity index (χ3v) is 6.88. The van der Waals surface area contributed by atoms with Gasteiger partial charge in [-0.3, -0.25) is 13.9 Å². The van der Waals surface area contributed by atoms with Gasteiger partial charge in [0.2, 0.25) is 5.88 Å². The number of fused-ring (bicyclic) bond motifs is 1. The molecule has 1 N–H and O–H groups in total. The third kappa shape index (κ3) is 5.23. The van der Waals surface area contributed by atoms with E-state index in [2.05, 4.69) is 4.98 Å². The minimum Gasteiger partial charge on any atom is -0.477 e. The summed E-state index contributed by atoms with van der Waals surface area (Å²) in [5, 5.41) is 9.37. The Labute approximate surface area is 223 Å². The number of hydrogen-bond acceptors (Lipinski definition) is 6. The molecule has 0 aliphatic heterocycles. The van der Waals surface area contributed by atoms with E-state index in [0.29, 0.717) is 18.1 Å². The SMILES string of the molecule is Cc1nc(OCC2CC2)c(-c2nc3c(c(=O)n(CCCO)c(=O)n3C(C)C)n2Cc2ccc(F)cc2)cc1F. The first-order valence-electron chi connectivity index (χ1n) is 13.1. The van der Waals surface area contributed by atoms with Gasteiger partial charge in [0.05, 0.1) is 17.9 Å². The standard InChI is InChI=1S/C28H31F2N5O4/c1-16(2)35-25-23(27(37)33(28(35)38)11-4-12-36)34(14-18-7-9-20(29)10-8-18)24(32-25)21-13-22(30)17(3)31-26(21)39-15-19-5-6-19/h7-10,13,16,19,36H,4-6,11-12,14-15H2,1-3H3. The molecule has 1 aliphatic carbocycles. The zero-order chi connectivity index (χ0) is 27.8. The molecule has 5 rings (SSSR count). The van der Waals surface area contributed by atoms with Crippen molar-refractivity contribution in [2.75, 3.05) is 13.2 Å². The van der Waals surface area contributed by atoms with Gasteiger partial charge in [0, 0.05) is 25.7 Å². The summed E-state index contributed by atoms with van der Waals surface area (Å²) in [5.41, 5.74) is 0.231. The van der Waals surface area contributed by atoms with Gasteiger partial charge in [0.15, 0.2) is 11.2 Å². The quantitative estimate of drug-likeness (QED) is 0.329. The summed E-state index contributed by atoms with van der Waals surface area (Å²) in [7, 11) is 0. The van der Waals surface area contributed by atoms with E-state index in [0.717, 1.165) is 17.4 Å². The monoisotopic (exact) mass is 539 g/mol. The van der Waals surface area contributed by atoms with Gasteiger partial charge in [0.25, 0.3) is 5.56 Å². The second-order valence-electron chi connectivity index (χ2n) is 10.3.